The number of rotatable bonds is 6. The summed E-state index contributed by atoms with van der Waals surface area (Å²) in [5, 5.41) is 0. The predicted molar refractivity (Wildman–Crippen MR) is 115 cm³/mol. The summed E-state index contributed by atoms with van der Waals surface area (Å²) in [6.45, 7) is 16.0. The van der Waals surface area contributed by atoms with Crippen LogP contribution < -0.4 is 0 Å². The molecule has 0 radical (unpaired) electrons. The van der Waals surface area contributed by atoms with Crippen molar-refractivity contribution in [3.05, 3.63) is 77.9 Å². The standard InChI is InChI=1S/C24H32S/c1-18(19-11-9-8-10-12-19)20-13-15-21(16-14-20)22(17-23(2,3)4)24(5,6)25-7/h8-16,22H,1,17H2,2-7H3. The monoisotopic (exact) mass is 352 g/mol. The SMILES string of the molecule is C=C(c1ccccc1)c1ccc(C(CC(C)(C)C)C(C)(C)SC)cc1. The van der Waals surface area contributed by atoms with Gasteiger partial charge in [0.15, 0.2) is 0 Å². The van der Waals surface area contributed by atoms with E-state index in [4.69, 9.17) is 0 Å². The summed E-state index contributed by atoms with van der Waals surface area (Å²) in [6, 6.07) is 19.5. The number of hydrogen-bond donors (Lipinski definition) is 0. The highest BCUT2D eigenvalue weighted by atomic mass is 32.2. The van der Waals surface area contributed by atoms with Gasteiger partial charge in [-0.1, -0.05) is 95.8 Å². The van der Waals surface area contributed by atoms with Gasteiger partial charge in [-0.3, -0.25) is 0 Å². The molecule has 25 heavy (non-hydrogen) atoms. The van der Waals surface area contributed by atoms with Gasteiger partial charge in [0.05, 0.1) is 0 Å². The van der Waals surface area contributed by atoms with Crippen LogP contribution in [0.15, 0.2) is 61.2 Å². The molecule has 2 aromatic rings. The van der Waals surface area contributed by atoms with Crippen LogP contribution in [0.4, 0.5) is 0 Å². The average molecular weight is 353 g/mol. The fourth-order valence-corrected chi connectivity index (χ4v) is 3.75. The zero-order valence-corrected chi connectivity index (χ0v) is 17.4. The topological polar surface area (TPSA) is 0 Å². The Hall–Kier alpha value is -1.47. The van der Waals surface area contributed by atoms with E-state index in [1.807, 2.05) is 17.8 Å². The van der Waals surface area contributed by atoms with Gasteiger partial charge in [-0.25, -0.2) is 0 Å². The molecule has 0 N–H and O–H groups in total. The highest BCUT2D eigenvalue weighted by Gasteiger charge is 2.33. The Morgan fingerprint density at radius 2 is 1.40 bits per heavy atom. The second kappa shape index (κ2) is 7.83. The van der Waals surface area contributed by atoms with Crippen LogP contribution >= 0.6 is 11.8 Å². The molecule has 1 unspecified atom stereocenters. The van der Waals surface area contributed by atoms with E-state index >= 15 is 0 Å². The van der Waals surface area contributed by atoms with Crippen molar-refractivity contribution in [3.63, 3.8) is 0 Å². The van der Waals surface area contributed by atoms with Crippen molar-refractivity contribution in [2.45, 2.75) is 51.7 Å². The maximum Gasteiger partial charge on any atom is 0.0169 e. The molecule has 134 valence electrons. The fourth-order valence-electron chi connectivity index (χ4n) is 3.24. The smallest absolute Gasteiger partial charge is 0.0169 e. The zero-order chi connectivity index (χ0) is 18.7. The van der Waals surface area contributed by atoms with Crippen molar-refractivity contribution < 1.29 is 0 Å². The van der Waals surface area contributed by atoms with Crippen molar-refractivity contribution in [1.29, 1.82) is 0 Å². The van der Waals surface area contributed by atoms with E-state index in [1.54, 1.807) is 0 Å². The second-order valence-electron chi connectivity index (χ2n) is 8.59. The molecule has 0 amide bonds. The molecule has 0 aliphatic heterocycles. The second-order valence-corrected chi connectivity index (χ2v) is 10.1. The predicted octanol–water partition coefficient (Wildman–Crippen LogP) is 7.41. The van der Waals surface area contributed by atoms with Gasteiger partial charge in [0.2, 0.25) is 0 Å². The first-order valence-corrected chi connectivity index (χ1v) is 10.3. The van der Waals surface area contributed by atoms with Crippen LogP contribution in [0.1, 0.15) is 63.6 Å². The molecule has 0 spiro atoms. The van der Waals surface area contributed by atoms with Gasteiger partial charge in [0.1, 0.15) is 0 Å². The summed E-state index contributed by atoms with van der Waals surface area (Å²) < 4.78 is 0.214. The Morgan fingerprint density at radius 3 is 1.88 bits per heavy atom. The molecule has 1 atom stereocenters. The van der Waals surface area contributed by atoms with Gasteiger partial charge in [-0.15, -0.1) is 0 Å². The Balaban J connectivity index is 2.30. The first-order valence-electron chi connectivity index (χ1n) is 9.04. The lowest BCUT2D eigenvalue weighted by atomic mass is 9.75. The van der Waals surface area contributed by atoms with Crippen LogP contribution in [-0.4, -0.2) is 11.0 Å². The molecule has 0 bridgehead atoms. The lowest BCUT2D eigenvalue weighted by Gasteiger charge is -2.37. The van der Waals surface area contributed by atoms with Gasteiger partial charge >= 0.3 is 0 Å². The maximum atomic E-state index is 4.29. The Labute approximate surface area is 158 Å². The fraction of sp³-hybridized carbons (Fsp3) is 0.417. The van der Waals surface area contributed by atoms with E-state index in [-0.39, 0.29) is 4.75 Å². The summed E-state index contributed by atoms with van der Waals surface area (Å²) >= 11 is 1.96. The minimum atomic E-state index is 0.214. The van der Waals surface area contributed by atoms with E-state index in [0.29, 0.717) is 11.3 Å². The summed E-state index contributed by atoms with van der Waals surface area (Å²) in [5.41, 5.74) is 5.21. The van der Waals surface area contributed by atoms with Gasteiger partial charge in [-0.2, -0.15) is 11.8 Å². The van der Waals surface area contributed by atoms with Crippen molar-refractivity contribution in [3.8, 4) is 0 Å². The van der Waals surface area contributed by atoms with Crippen LogP contribution in [0.25, 0.3) is 5.57 Å². The van der Waals surface area contributed by atoms with Gasteiger partial charge in [-0.05, 0) is 46.3 Å². The van der Waals surface area contributed by atoms with Crippen molar-refractivity contribution in [1.82, 2.24) is 0 Å². The largest absolute Gasteiger partial charge is 0.159 e. The molecule has 2 aromatic carbocycles. The molecule has 2 rings (SSSR count). The van der Waals surface area contributed by atoms with E-state index in [1.165, 1.54) is 23.1 Å². The summed E-state index contributed by atoms with van der Waals surface area (Å²) in [6.07, 6.45) is 3.40. The molecule has 1 heteroatoms. The Morgan fingerprint density at radius 1 is 0.880 bits per heavy atom. The van der Waals surface area contributed by atoms with E-state index in [9.17, 15) is 0 Å². The van der Waals surface area contributed by atoms with E-state index in [2.05, 4.69) is 96.0 Å². The Kier molecular flexibility index (Phi) is 6.21. The van der Waals surface area contributed by atoms with Gasteiger partial charge in [0.25, 0.3) is 0 Å². The van der Waals surface area contributed by atoms with Crippen molar-refractivity contribution in [2.75, 3.05) is 6.26 Å². The average Bonchev–Trinajstić information content (AvgIpc) is 2.59. The van der Waals surface area contributed by atoms with Crippen molar-refractivity contribution >= 4 is 17.3 Å². The van der Waals surface area contributed by atoms with Gasteiger partial charge < -0.3 is 0 Å². The number of hydrogen-bond acceptors (Lipinski definition) is 1. The zero-order valence-electron chi connectivity index (χ0n) is 16.6. The molecule has 0 aromatic heterocycles. The van der Waals surface area contributed by atoms with Crippen LogP contribution in [0.3, 0.4) is 0 Å². The molecular formula is C24H32S. The third-order valence-electron chi connectivity index (χ3n) is 4.97. The van der Waals surface area contributed by atoms with E-state index in [0.717, 1.165) is 5.57 Å². The van der Waals surface area contributed by atoms with Crippen LogP contribution in [-0.2, 0) is 0 Å². The Bertz CT molecular complexity index is 687. The maximum absolute atomic E-state index is 4.29. The first kappa shape index (κ1) is 19.8. The quantitative estimate of drug-likeness (QED) is 0.521. The number of benzene rings is 2. The molecule has 0 aliphatic rings. The highest BCUT2D eigenvalue weighted by Crippen LogP contribution is 2.44. The molecule has 0 aliphatic carbocycles. The molecule has 0 fully saturated rings. The van der Waals surface area contributed by atoms with Gasteiger partial charge in [0, 0.05) is 4.75 Å². The summed E-state index contributed by atoms with van der Waals surface area (Å²) in [5.74, 6) is 0.529. The molecule has 0 saturated heterocycles. The highest BCUT2D eigenvalue weighted by molar-refractivity contribution is 8.00. The lowest BCUT2D eigenvalue weighted by molar-refractivity contribution is 0.314. The van der Waals surface area contributed by atoms with Crippen LogP contribution in [0.5, 0.6) is 0 Å². The molecule has 0 saturated carbocycles. The third-order valence-corrected chi connectivity index (χ3v) is 6.30. The first-order chi connectivity index (χ1) is 11.6. The third kappa shape index (κ3) is 5.25. The molecular weight excluding hydrogens is 320 g/mol. The van der Waals surface area contributed by atoms with Crippen LogP contribution in [0, 0.1) is 5.41 Å². The normalized spacial score (nSPS) is 13.5. The van der Waals surface area contributed by atoms with E-state index < -0.39 is 0 Å². The van der Waals surface area contributed by atoms with Crippen molar-refractivity contribution in [2.24, 2.45) is 5.41 Å². The lowest BCUT2D eigenvalue weighted by Crippen LogP contribution is -2.29. The minimum Gasteiger partial charge on any atom is -0.159 e. The number of thioether (sulfide) groups is 1. The molecule has 0 heterocycles. The summed E-state index contributed by atoms with van der Waals surface area (Å²) in [4.78, 5) is 0. The molecule has 0 nitrogen and oxygen atoms in total. The minimum absolute atomic E-state index is 0.214. The summed E-state index contributed by atoms with van der Waals surface area (Å²) in [7, 11) is 0. The van der Waals surface area contributed by atoms with Crippen LogP contribution in [0.2, 0.25) is 0 Å².